The minimum absolute atomic E-state index is 0.235. The van der Waals surface area contributed by atoms with Gasteiger partial charge in [0.15, 0.2) is 0 Å². The first-order valence-electron chi connectivity index (χ1n) is 6.41. The second kappa shape index (κ2) is 4.49. The maximum atomic E-state index is 12.3. The van der Waals surface area contributed by atoms with Crippen LogP contribution in [-0.4, -0.2) is 28.7 Å². The number of carboxylic acid groups (broad SMARTS) is 1. The van der Waals surface area contributed by atoms with Crippen LogP contribution in [-0.2, 0) is 20.9 Å². The Hall–Kier alpha value is -2.08. The molecule has 106 valence electrons. The number of aliphatic carboxylic acids is 1. The van der Waals surface area contributed by atoms with E-state index in [1.807, 2.05) is 0 Å². The molecule has 2 aliphatic rings. The number of carbonyl (C=O) groups is 2. The zero-order valence-electron chi connectivity index (χ0n) is 10.9. The number of nitrogens with one attached hydrogen (secondary N) is 1. The minimum Gasteiger partial charge on any atom is -0.481 e. The number of carbonyl (C=O) groups excluding carboxylic acids is 1. The van der Waals surface area contributed by atoms with E-state index in [9.17, 15) is 14.7 Å². The fourth-order valence-corrected chi connectivity index (χ4v) is 2.98. The number of hydrogen-bond acceptors (Lipinski definition) is 4. The Labute approximate surface area is 115 Å². The monoisotopic (exact) mass is 277 g/mol. The number of carboxylic acids is 1. The number of fused-ring (bicyclic) bond motifs is 2. The number of ether oxygens (including phenoxy) is 1. The van der Waals surface area contributed by atoms with E-state index in [1.165, 1.54) is 6.26 Å². The van der Waals surface area contributed by atoms with Gasteiger partial charge in [-0.1, -0.05) is 12.2 Å². The van der Waals surface area contributed by atoms with E-state index in [0.717, 1.165) is 0 Å². The van der Waals surface area contributed by atoms with Gasteiger partial charge in [0, 0.05) is 0 Å². The molecule has 20 heavy (non-hydrogen) atoms. The average Bonchev–Trinajstić information content (AvgIpc) is 3.08. The molecule has 1 saturated heterocycles. The van der Waals surface area contributed by atoms with Crippen molar-refractivity contribution in [1.29, 1.82) is 0 Å². The zero-order chi connectivity index (χ0) is 14.3. The highest BCUT2D eigenvalue weighted by atomic mass is 16.5. The summed E-state index contributed by atoms with van der Waals surface area (Å²) in [6.07, 6.45) is 4.48. The maximum Gasteiger partial charge on any atom is 0.310 e. The molecular formula is C14H15NO5. The first-order valence-corrected chi connectivity index (χ1v) is 6.41. The van der Waals surface area contributed by atoms with Gasteiger partial charge in [0.1, 0.15) is 11.7 Å². The second-order valence-electron chi connectivity index (χ2n) is 5.26. The highest BCUT2D eigenvalue weighted by molar-refractivity contribution is 5.88. The third-order valence-electron chi connectivity index (χ3n) is 3.92. The first-order chi connectivity index (χ1) is 9.51. The van der Waals surface area contributed by atoms with E-state index >= 15 is 0 Å². The molecule has 6 heteroatoms. The summed E-state index contributed by atoms with van der Waals surface area (Å²) < 4.78 is 10.8. The van der Waals surface area contributed by atoms with Crippen molar-refractivity contribution in [2.24, 2.45) is 11.8 Å². The number of hydrogen-bond donors (Lipinski definition) is 2. The average molecular weight is 277 g/mol. The smallest absolute Gasteiger partial charge is 0.310 e. The molecule has 3 rings (SSSR count). The molecule has 0 unspecified atom stereocenters. The summed E-state index contributed by atoms with van der Waals surface area (Å²) in [5.74, 6) is -2.30. The van der Waals surface area contributed by atoms with Crippen LogP contribution in [0.1, 0.15) is 12.7 Å². The molecule has 0 radical (unpaired) electrons. The molecule has 6 nitrogen and oxygen atoms in total. The number of furan rings is 1. The summed E-state index contributed by atoms with van der Waals surface area (Å²) in [4.78, 5) is 23.7. The third kappa shape index (κ3) is 1.92. The number of amides is 1. The van der Waals surface area contributed by atoms with E-state index in [1.54, 1.807) is 31.2 Å². The molecule has 0 aromatic carbocycles. The summed E-state index contributed by atoms with van der Waals surface area (Å²) >= 11 is 0. The van der Waals surface area contributed by atoms with Crippen molar-refractivity contribution in [2.75, 3.05) is 0 Å². The van der Waals surface area contributed by atoms with Gasteiger partial charge in [0.2, 0.25) is 5.91 Å². The lowest BCUT2D eigenvalue weighted by molar-refractivity contribution is -0.147. The first kappa shape index (κ1) is 12.9. The van der Waals surface area contributed by atoms with Crippen molar-refractivity contribution in [3.63, 3.8) is 0 Å². The molecule has 1 aromatic heterocycles. The van der Waals surface area contributed by atoms with E-state index in [2.05, 4.69) is 5.32 Å². The standard InChI is InChI=1S/C14H15NO5/c1-14-5-4-9(20-14)10(13(17)18)11(14)12(16)15-7-8-3-2-6-19-8/h2-6,9-11H,7H2,1H3,(H,15,16)(H,17,18)/t9-,10+,11-,14+/m1/s1. The van der Waals surface area contributed by atoms with Gasteiger partial charge in [-0.05, 0) is 19.1 Å². The minimum atomic E-state index is -1.01. The Morgan fingerprint density at radius 1 is 1.50 bits per heavy atom. The molecular weight excluding hydrogens is 262 g/mol. The number of rotatable bonds is 4. The lowest BCUT2D eigenvalue weighted by atomic mass is 9.76. The SMILES string of the molecule is C[C@@]12C=C[C@@H](O1)[C@H](C(=O)O)[C@@H]2C(=O)NCc1ccco1. The molecule has 0 saturated carbocycles. The molecule has 2 aliphatic heterocycles. The Balaban J connectivity index is 1.75. The Morgan fingerprint density at radius 3 is 2.95 bits per heavy atom. The summed E-state index contributed by atoms with van der Waals surface area (Å²) in [5, 5.41) is 12.0. The van der Waals surface area contributed by atoms with Gasteiger partial charge in [-0.25, -0.2) is 0 Å². The Morgan fingerprint density at radius 2 is 2.30 bits per heavy atom. The molecule has 2 N–H and O–H groups in total. The summed E-state index contributed by atoms with van der Waals surface area (Å²) in [6.45, 7) is 1.97. The van der Waals surface area contributed by atoms with Crippen LogP contribution in [0.3, 0.4) is 0 Å². The predicted octanol–water partition coefficient (Wildman–Crippen LogP) is 0.940. The molecule has 1 aromatic rings. The topological polar surface area (TPSA) is 88.8 Å². The van der Waals surface area contributed by atoms with Crippen molar-refractivity contribution < 1.29 is 23.8 Å². The summed E-state index contributed by atoms with van der Waals surface area (Å²) in [7, 11) is 0. The van der Waals surface area contributed by atoms with Crippen LogP contribution in [0.5, 0.6) is 0 Å². The highest BCUT2D eigenvalue weighted by Gasteiger charge is 2.59. The van der Waals surface area contributed by atoms with E-state index in [-0.39, 0.29) is 12.5 Å². The van der Waals surface area contributed by atoms with Gasteiger partial charge in [-0.15, -0.1) is 0 Å². The molecule has 1 amide bonds. The normalized spacial score (nSPS) is 34.4. The molecule has 4 atom stereocenters. The van der Waals surface area contributed by atoms with Crippen molar-refractivity contribution in [3.8, 4) is 0 Å². The molecule has 0 spiro atoms. The Kier molecular flexibility index (Phi) is 2.90. The van der Waals surface area contributed by atoms with Gasteiger partial charge >= 0.3 is 5.97 Å². The molecule has 2 bridgehead atoms. The van der Waals surface area contributed by atoms with Crippen LogP contribution >= 0.6 is 0 Å². The van der Waals surface area contributed by atoms with Gasteiger partial charge in [-0.2, -0.15) is 0 Å². The molecule has 0 aliphatic carbocycles. The third-order valence-corrected chi connectivity index (χ3v) is 3.92. The van der Waals surface area contributed by atoms with Crippen LogP contribution < -0.4 is 5.32 Å². The van der Waals surface area contributed by atoms with Gasteiger partial charge < -0.3 is 19.6 Å². The fourth-order valence-electron chi connectivity index (χ4n) is 2.98. The van der Waals surface area contributed by atoms with Crippen molar-refractivity contribution in [3.05, 3.63) is 36.3 Å². The van der Waals surface area contributed by atoms with Crippen molar-refractivity contribution in [1.82, 2.24) is 5.32 Å². The summed E-state index contributed by atoms with van der Waals surface area (Å²) in [5.41, 5.74) is -0.846. The van der Waals surface area contributed by atoms with Crippen LogP contribution in [0.2, 0.25) is 0 Å². The zero-order valence-corrected chi connectivity index (χ0v) is 10.9. The highest BCUT2D eigenvalue weighted by Crippen LogP contribution is 2.47. The van der Waals surface area contributed by atoms with Crippen LogP contribution in [0.15, 0.2) is 35.0 Å². The quantitative estimate of drug-likeness (QED) is 0.800. The molecule has 1 fully saturated rings. The Bertz CT molecular complexity index is 564. The largest absolute Gasteiger partial charge is 0.481 e. The second-order valence-corrected chi connectivity index (χ2v) is 5.26. The van der Waals surface area contributed by atoms with E-state index < -0.39 is 29.5 Å². The van der Waals surface area contributed by atoms with Crippen LogP contribution in [0, 0.1) is 11.8 Å². The van der Waals surface area contributed by atoms with Crippen LogP contribution in [0.25, 0.3) is 0 Å². The van der Waals surface area contributed by atoms with Gasteiger partial charge in [-0.3, -0.25) is 9.59 Å². The lowest BCUT2D eigenvalue weighted by Gasteiger charge is -2.27. The van der Waals surface area contributed by atoms with E-state index in [0.29, 0.717) is 5.76 Å². The summed E-state index contributed by atoms with van der Waals surface area (Å²) in [6, 6.07) is 3.47. The maximum absolute atomic E-state index is 12.3. The van der Waals surface area contributed by atoms with Crippen molar-refractivity contribution >= 4 is 11.9 Å². The van der Waals surface area contributed by atoms with Gasteiger partial charge in [0.05, 0.1) is 30.4 Å². The predicted molar refractivity (Wildman–Crippen MR) is 67.6 cm³/mol. The van der Waals surface area contributed by atoms with Crippen molar-refractivity contribution in [2.45, 2.75) is 25.2 Å². The van der Waals surface area contributed by atoms with Crippen LogP contribution in [0.4, 0.5) is 0 Å². The molecule has 3 heterocycles. The lowest BCUT2D eigenvalue weighted by Crippen LogP contribution is -2.46. The van der Waals surface area contributed by atoms with E-state index in [4.69, 9.17) is 9.15 Å². The fraction of sp³-hybridized carbons (Fsp3) is 0.429. The van der Waals surface area contributed by atoms with Gasteiger partial charge in [0.25, 0.3) is 0 Å².